The zero-order valence-corrected chi connectivity index (χ0v) is 12.5. The summed E-state index contributed by atoms with van der Waals surface area (Å²) in [7, 11) is 0. The molecule has 1 amide bonds. The average Bonchev–Trinajstić information content (AvgIpc) is 2.45. The topological polar surface area (TPSA) is 50.4 Å². The van der Waals surface area contributed by atoms with Crippen LogP contribution in [0.1, 0.15) is 38.5 Å². The van der Waals surface area contributed by atoms with Crippen molar-refractivity contribution in [2.75, 3.05) is 19.8 Å². The van der Waals surface area contributed by atoms with Crippen molar-refractivity contribution >= 4 is 5.91 Å². The summed E-state index contributed by atoms with van der Waals surface area (Å²) in [5.41, 5.74) is -0.0474. The van der Waals surface area contributed by atoms with Crippen molar-refractivity contribution in [3.05, 3.63) is 0 Å². The molecule has 1 unspecified atom stereocenters. The van der Waals surface area contributed by atoms with Crippen molar-refractivity contribution in [1.29, 1.82) is 0 Å². The Bertz CT molecular complexity index is 416. The van der Waals surface area contributed by atoms with E-state index in [1.165, 1.54) is 0 Å². The van der Waals surface area contributed by atoms with E-state index in [-0.39, 0.29) is 36.2 Å². The minimum atomic E-state index is -4.10. The van der Waals surface area contributed by atoms with Crippen molar-refractivity contribution in [1.82, 2.24) is 10.6 Å². The Morgan fingerprint density at radius 1 is 1.14 bits per heavy atom. The third-order valence-corrected chi connectivity index (χ3v) is 5.29. The molecular formula is C15H23F3N2O2. The van der Waals surface area contributed by atoms with Crippen LogP contribution >= 0.6 is 0 Å². The Hall–Kier alpha value is -0.820. The first-order chi connectivity index (χ1) is 10.4. The highest BCUT2D eigenvalue weighted by atomic mass is 19.4. The Morgan fingerprint density at radius 2 is 1.82 bits per heavy atom. The maximum atomic E-state index is 12.6. The number of hydrogen-bond acceptors (Lipinski definition) is 3. The maximum absolute atomic E-state index is 12.6. The Morgan fingerprint density at radius 3 is 2.36 bits per heavy atom. The van der Waals surface area contributed by atoms with Crippen molar-refractivity contribution in [3.63, 3.8) is 0 Å². The zero-order valence-electron chi connectivity index (χ0n) is 12.5. The SMILES string of the molecule is O=C(NC1CCC(C(F)(F)F)CC1)C1CCNC2(COC2)C1. The van der Waals surface area contributed by atoms with Crippen LogP contribution in [-0.4, -0.2) is 43.4 Å². The van der Waals surface area contributed by atoms with Crippen LogP contribution in [-0.2, 0) is 9.53 Å². The number of alkyl halides is 3. The lowest BCUT2D eigenvalue weighted by Crippen LogP contribution is -2.65. The summed E-state index contributed by atoms with van der Waals surface area (Å²) < 4.78 is 43.2. The van der Waals surface area contributed by atoms with Crippen molar-refractivity contribution in [3.8, 4) is 0 Å². The van der Waals surface area contributed by atoms with Gasteiger partial charge < -0.3 is 15.4 Å². The summed E-state index contributed by atoms with van der Waals surface area (Å²) in [5, 5.41) is 6.38. The largest absolute Gasteiger partial charge is 0.391 e. The van der Waals surface area contributed by atoms with E-state index in [2.05, 4.69) is 10.6 Å². The van der Waals surface area contributed by atoms with Crippen LogP contribution in [0.2, 0.25) is 0 Å². The standard InChI is InChI=1S/C15H23F3N2O2/c16-15(17,18)11-1-3-12(4-2-11)20-13(21)10-5-6-19-14(7-10)8-22-9-14/h10-12,19H,1-9H2,(H,20,21). The lowest BCUT2D eigenvalue weighted by atomic mass is 9.79. The minimum Gasteiger partial charge on any atom is -0.377 e. The van der Waals surface area contributed by atoms with Gasteiger partial charge >= 0.3 is 6.18 Å². The summed E-state index contributed by atoms with van der Waals surface area (Å²) >= 11 is 0. The Labute approximate surface area is 128 Å². The molecule has 2 heterocycles. The molecule has 7 heteroatoms. The molecule has 3 fully saturated rings. The number of nitrogens with one attached hydrogen (secondary N) is 2. The zero-order chi connectivity index (χ0) is 15.8. The highest BCUT2D eigenvalue weighted by Crippen LogP contribution is 2.38. The number of amides is 1. The van der Waals surface area contributed by atoms with Gasteiger partial charge in [0.25, 0.3) is 0 Å². The number of piperidine rings is 1. The monoisotopic (exact) mass is 320 g/mol. The molecule has 4 nitrogen and oxygen atoms in total. The molecule has 126 valence electrons. The van der Waals surface area contributed by atoms with Crippen LogP contribution < -0.4 is 10.6 Å². The molecule has 3 rings (SSSR count). The van der Waals surface area contributed by atoms with E-state index in [4.69, 9.17) is 4.74 Å². The van der Waals surface area contributed by atoms with Gasteiger partial charge in [-0.05, 0) is 45.1 Å². The van der Waals surface area contributed by atoms with Gasteiger partial charge in [-0.15, -0.1) is 0 Å². The van der Waals surface area contributed by atoms with E-state index < -0.39 is 12.1 Å². The van der Waals surface area contributed by atoms with Gasteiger partial charge in [-0.2, -0.15) is 13.2 Å². The normalized spacial score (nSPS) is 35.0. The molecule has 1 spiro atoms. The highest BCUT2D eigenvalue weighted by Gasteiger charge is 2.45. The number of ether oxygens (including phenoxy) is 1. The van der Waals surface area contributed by atoms with Gasteiger partial charge in [-0.1, -0.05) is 0 Å². The Balaban J connectivity index is 1.46. The second-order valence-electron chi connectivity index (χ2n) is 6.99. The summed E-state index contributed by atoms with van der Waals surface area (Å²) in [4.78, 5) is 12.4. The second kappa shape index (κ2) is 6.00. The molecule has 1 aliphatic carbocycles. The van der Waals surface area contributed by atoms with Gasteiger partial charge in [-0.25, -0.2) is 0 Å². The predicted octanol–water partition coefficient (Wildman–Crippen LogP) is 1.99. The van der Waals surface area contributed by atoms with Gasteiger partial charge in [0.15, 0.2) is 0 Å². The molecule has 0 radical (unpaired) electrons. The minimum absolute atomic E-state index is 0.00299. The number of carbonyl (C=O) groups is 1. The quantitative estimate of drug-likeness (QED) is 0.818. The van der Waals surface area contributed by atoms with Crippen LogP contribution in [0.15, 0.2) is 0 Å². The first-order valence-electron chi connectivity index (χ1n) is 8.08. The van der Waals surface area contributed by atoms with E-state index in [0.717, 1.165) is 19.4 Å². The van der Waals surface area contributed by atoms with E-state index in [1.54, 1.807) is 0 Å². The fraction of sp³-hybridized carbons (Fsp3) is 0.933. The number of rotatable bonds is 2. The van der Waals surface area contributed by atoms with E-state index >= 15 is 0 Å². The van der Waals surface area contributed by atoms with Crippen LogP contribution in [0, 0.1) is 11.8 Å². The molecule has 1 atom stereocenters. The third-order valence-electron chi connectivity index (χ3n) is 5.29. The summed E-state index contributed by atoms with van der Waals surface area (Å²) in [6, 6.07) is -0.102. The smallest absolute Gasteiger partial charge is 0.377 e. The third kappa shape index (κ3) is 3.40. The van der Waals surface area contributed by atoms with Crippen LogP contribution in [0.5, 0.6) is 0 Å². The first-order valence-corrected chi connectivity index (χ1v) is 8.08. The average molecular weight is 320 g/mol. The fourth-order valence-electron chi connectivity index (χ4n) is 3.83. The van der Waals surface area contributed by atoms with Gasteiger partial charge in [0.2, 0.25) is 5.91 Å². The first kappa shape index (κ1) is 16.1. The molecule has 0 aromatic carbocycles. The maximum Gasteiger partial charge on any atom is 0.391 e. The van der Waals surface area contributed by atoms with Crippen LogP contribution in [0.4, 0.5) is 13.2 Å². The molecule has 2 aliphatic heterocycles. The summed E-state index contributed by atoms with van der Waals surface area (Å²) in [6.07, 6.45) is -1.45. The van der Waals surface area contributed by atoms with E-state index in [0.29, 0.717) is 26.1 Å². The lowest BCUT2D eigenvalue weighted by Gasteiger charge is -2.47. The van der Waals surface area contributed by atoms with Gasteiger partial charge in [0, 0.05) is 12.0 Å². The number of carbonyl (C=O) groups excluding carboxylic acids is 1. The molecule has 0 bridgehead atoms. The molecule has 1 saturated carbocycles. The molecule has 0 aromatic heterocycles. The molecule has 3 aliphatic rings. The van der Waals surface area contributed by atoms with Crippen LogP contribution in [0.25, 0.3) is 0 Å². The number of halogens is 3. The van der Waals surface area contributed by atoms with E-state index in [1.807, 2.05) is 0 Å². The second-order valence-corrected chi connectivity index (χ2v) is 6.99. The molecule has 2 N–H and O–H groups in total. The lowest BCUT2D eigenvalue weighted by molar-refractivity contribution is -0.182. The molecular weight excluding hydrogens is 297 g/mol. The molecule has 22 heavy (non-hydrogen) atoms. The van der Waals surface area contributed by atoms with Crippen molar-refractivity contribution in [2.24, 2.45) is 11.8 Å². The summed E-state index contributed by atoms with van der Waals surface area (Å²) in [6.45, 7) is 2.09. The van der Waals surface area contributed by atoms with Gasteiger partial charge in [0.05, 0.1) is 24.7 Å². The fourth-order valence-corrected chi connectivity index (χ4v) is 3.83. The molecule has 2 saturated heterocycles. The summed E-state index contributed by atoms with van der Waals surface area (Å²) in [5.74, 6) is -1.25. The molecule has 0 aromatic rings. The predicted molar refractivity (Wildman–Crippen MR) is 74.2 cm³/mol. The van der Waals surface area contributed by atoms with Gasteiger partial charge in [-0.3, -0.25) is 4.79 Å². The number of hydrogen-bond donors (Lipinski definition) is 2. The van der Waals surface area contributed by atoms with Gasteiger partial charge in [0.1, 0.15) is 0 Å². The highest BCUT2D eigenvalue weighted by molar-refractivity contribution is 5.79. The van der Waals surface area contributed by atoms with Crippen molar-refractivity contribution in [2.45, 2.75) is 56.3 Å². The Kier molecular flexibility index (Phi) is 4.38. The van der Waals surface area contributed by atoms with Crippen LogP contribution in [0.3, 0.4) is 0 Å². The van der Waals surface area contributed by atoms with E-state index in [9.17, 15) is 18.0 Å². The van der Waals surface area contributed by atoms with Crippen molar-refractivity contribution < 1.29 is 22.7 Å².